The molecular formula is C24H23N3O2. The van der Waals surface area contributed by atoms with Gasteiger partial charge in [0, 0.05) is 11.9 Å². The highest BCUT2D eigenvalue weighted by molar-refractivity contribution is 6.11. The summed E-state index contributed by atoms with van der Waals surface area (Å²) < 4.78 is 0. The van der Waals surface area contributed by atoms with Gasteiger partial charge in [-0.15, -0.1) is 0 Å². The van der Waals surface area contributed by atoms with Crippen LogP contribution in [0.5, 0.6) is 0 Å². The number of aromatic nitrogens is 1. The first-order chi connectivity index (χ1) is 14.0. The number of fused-ring (bicyclic) bond motifs is 1. The van der Waals surface area contributed by atoms with E-state index in [0.717, 1.165) is 16.8 Å². The van der Waals surface area contributed by atoms with Crippen molar-refractivity contribution < 1.29 is 9.59 Å². The van der Waals surface area contributed by atoms with Crippen molar-refractivity contribution in [3.05, 3.63) is 95.3 Å². The quantitative estimate of drug-likeness (QED) is 0.710. The Bertz CT molecular complexity index is 1050. The third kappa shape index (κ3) is 3.76. The van der Waals surface area contributed by atoms with E-state index in [1.165, 1.54) is 0 Å². The summed E-state index contributed by atoms with van der Waals surface area (Å²) in [5, 5.41) is 3.05. The third-order valence-corrected chi connectivity index (χ3v) is 5.25. The zero-order valence-corrected chi connectivity index (χ0v) is 16.5. The van der Waals surface area contributed by atoms with Crippen LogP contribution >= 0.6 is 0 Å². The summed E-state index contributed by atoms with van der Waals surface area (Å²) in [4.78, 5) is 32.1. The molecule has 29 heavy (non-hydrogen) atoms. The first kappa shape index (κ1) is 18.9. The molecule has 1 N–H and O–H groups in total. The van der Waals surface area contributed by atoms with Crippen LogP contribution in [0.4, 0.5) is 5.69 Å². The number of rotatable bonds is 5. The van der Waals surface area contributed by atoms with Crippen molar-refractivity contribution in [2.45, 2.75) is 32.4 Å². The summed E-state index contributed by atoms with van der Waals surface area (Å²) in [6.07, 6.45) is 1.82. The summed E-state index contributed by atoms with van der Waals surface area (Å²) in [7, 11) is 0. The minimum atomic E-state index is -0.427. The highest BCUT2D eigenvalue weighted by atomic mass is 16.2. The minimum absolute atomic E-state index is 0.114. The molecule has 0 bridgehead atoms. The molecule has 2 amide bonds. The zero-order chi connectivity index (χ0) is 20.4. The molecule has 4 rings (SSSR count). The molecule has 0 saturated carbocycles. The van der Waals surface area contributed by atoms with Crippen LogP contribution in [0.25, 0.3) is 0 Å². The highest BCUT2D eigenvalue weighted by Crippen LogP contribution is 2.38. The number of carbonyl (C=O) groups excluding carboxylic acids is 2. The Kier molecular flexibility index (Phi) is 5.12. The van der Waals surface area contributed by atoms with Gasteiger partial charge in [-0.1, -0.05) is 42.5 Å². The van der Waals surface area contributed by atoms with Crippen molar-refractivity contribution in [2.75, 3.05) is 4.90 Å². The Labute approximate surface area is 170 Å². The van der Waals surface area contributed by atoms with E-state index in [-0.39, 0.29) is 24.3 Å². The minimum Gasteiger partial charge on any atom is -0.350 e. The summed E-state index contributed by atoms with van der Waals surface area (Å²) in [5.41, 5.74) is 4.09. The lowest BCUT2D eigenvalue weighted by Gasteiger charge is -2.25. The van der Waals surface area contributed by atoms with Crippen LogP contribution in [-0.2, 0) is 4.79 Å². The average molecular weight is 385 g/mol. The van der Waals surface area contributed by atoms with Gasteiger partial charge >= 0.3 is 0 Å². The second kappa shape index (κ2) is 7.87. The highest BCUT2D eigenvalue weighted by Gasteiger charge is 2.40. The molecule has 2 atom stereocenters. The summed E-state index contributed by atoms with van der Waals surface area (Å²) in [5.74, 6) is -0.233. The Balaban J connectivity index is 1.60. The molecule has 5 heteroatoms. The van der Waals surface area contributed by atoms with Crippen molar-refractivity contribution >= 4 is 17.5 Å². The molecule has 146 valence electrons. The fourth-order valence-electron chi connectivity index (χ4n) is 3.82. The number of anilines is 1. The van der Waals surface area contributed by atoms with E-state index < -0.39 is 6.04 Å². The van der Waals surface area contributed by atoms with Crippen LogP contribution in [0, 0.1) is 6.92 Å². The molecule has 0 spiro atoms. The van der Waals surface area contributed by atoms with Gasteiger partial charge in [0.05, 0.1) is 29.8 Å². The first-order valence-electron chi connectivity index (χ1n) is 9.74. The molecular weight excluding hydrogens is 362 g/mol. The van der Waals surface area contributed by atoms with Crippen LogP contribution in [0.3, 0.4) is 0 Å². The Morgan fingerprint density at radius 2 is 1.90 bits per heavy atom. The molecule has 2 aromatic carbocycles. The van der Waals surface area contributed by atoms with Gasteiger partial charge in [-0.25, -0.2) is 0 Å². The number of nitrogens with zero attached hydrogens (tertiary/aromatic N) is 2. The number of nitrogens with one attached hydrogen (secondary N) is 1. The van der Waals surface area contributed by atoms with Gasteiger partial charge in [0.25, 0.3) is 5.91 Å². The van der Waals surface area contributed by atoms with Crippen LogP contribution in [-0.4, -0.2) is 16.8 Å². The zero-order valence-electron chi connectivity index (χ0n) is 16.5. The van der Waals surface area contributed by atoms with E-state index in [2.05, 4.69) is 10.3 Å². The van der Waals surface area contributed by atoms with Gasteiger partial charge < -0.3 is 5.32 Å². The van der Waals surface area contributed by atoms with Crippen molar-refractivity contribution in [1.82, 2.24) is 10.3 Å². The monoisotopic (exact) mass is 385 g/mol. The predicted octanol–water partition coefficient (Wildman–Crippen LogP) is 4.36. The molecule has 0 aliphatic carbocycles. The maximum absolute atomic E-state index is 13.1. The van der Waals surface area contributed by atoms with Gasteiger partial charge in [-0.05, 0) is 49.2 Å². The molecule has 2 heterocycles. The van der Waals surface area contributed by atoms with E-state index in [4.69, 9.17) is 0 Å². The van der Waals surface area contributed by atoms with E-state index in [1.54, 1.807) is 23.2 Å². The standard InChI is InChI=1S/C24H23N3O2/c1-16-8-6-11-19(14-16)27-21(23-20(24(27)29)12-7-13-25-23)15-22(28)26-17(2)18-9-4-3-5-10-18/h3-14,17,21H,15H2,1-2H3,(H,26,28)/t17-,21-/m0/s1. The molecule has 1 aliphatic rings. The van der Waals surface area contributed by atoms with Gasteiger partial charge in [-0.3, -0.25) is 19.5 Å². The Morgan fingerprint density at radius 1 is 1.10 bits per heavy atom. The summed E-state index contributed by atoms with van der Waals surface area (Å²) in [6.45, 7) is 3.94. The number of carbonyl (C=O) groups is 2. The second-order valence-corrected chi connectivity index (χ2v) is 7.37. The van der Waals surface area contributed by atoms with E-state index in [1.807, 2.05) is 68.4 Å². The molecule has 0 radical (unpaired) electrons. The fourth-order valence-corrected chi connectivity index (χ4v) is 3.82. The molecule has 1 aromatic heterocycles. The van der Waals surface area contributed by atoms with Gasteiger partial charge in [0.2, 0.25) is 5.91 Å². The summed E-state index contributed by atoms with van der Waals surface area (Å²) >= 11 is 0. The normalized spacial score (nSPS) is 16.4. The average Bonchev–Trinajstić information content (AvgIpc) is 3.00. The van der Waals surface area contributed by atoms with Crippen molar-refractivity contribution in [3.63, 3.8) is 0 Å². The number of pyridine rings is 1. The molecule has 5 nitrogen and oxygen atoms in total. The maximum Gasteiger partial charge on any atom is 0.260 e. The number of amides is 2. The van der Waals surface area contributed by atoms with E-state index in [9.17, 15) is 9.59 Å². The van der Waals surface area contributed by atoms with Crippen molar-refractivity contribution in [1.29, 1.82) is 0 Å². The van der Waals surface area contributed by atoms with Crippen LogP contribution in [0.15, 0.2) is 72.9 Å². The second-order valence-electron chi connectivity index (χ2n) is 7.37. The van der Waals surface area contributed by atoms with E-state index in [0.29, 0.717) is 11.3 Å². The fraction of sp³-hybridized carbons (Fsp3) is 0.208. The molecule has 0 fully saturated rings. The van der Waals surface area contributed by atoms with Crippen LogP contribution in [0.1, 0.15) is 52.6 Å². The largest absolute Gasteiger partial charge is 0.350 e. The lowest BCUT2D eigenvalue weighted by atomic mass is 10.1. The maximum atomic E-state index is 13.1. The van der Waals surface area contributed by atoms with E-state index >= 15 is 0 Å². The molecule has 1 aliphatic heterocycles. The topological polar surface area (TPSA) is 62.3 Å². The van der Waals surface area contributed by atoms with Gasteiger partial charge in [0.1, 0.15) is 0 Å². The lowest BCUT2D eigenvalue weighted by molar-refractivity contribution is -0.122. The SMILES string of the molecule is Cc1cccc(N2C(=O)c3cccnc3[C@@H]2CC(=O)N[C@@H](C)c2ccccc2)c1. The smallest absolute Gasteiger partial charge is 0.260 e. The molecule has 0 saturated heterocycles. The Hall–Kier alpha value is -3.47. The predicted molar refractivity (Wildman–Crippen MR) is 113 cm³/mol. The number of hydrogen-bond acceptors (Lipinski definition) is 3. The number of benzene rings is 2. The third-order valence-electron chi connectivity index (χ3n) is 5.25. The lowest BCUT2D eigenvalue weighted by Crippen LogP contribution is -2.34. The van der Waals surface area contributed by atoms with Gasteiger partial charge in [-0.2, -0.15) is 0 Å². The van der Waals surface area contributed by atoms with Crippen LogP contribution < -0.4 is 10.2 Å². The van der Waals surface area contributed by atoms with Crippen molar-refractivity contribution in [3.8, 4) is 0 Å². The van der Waals surface area contributed by atoms with Crippen molar-refractivity contribution in [2.24, 2.45) is 0 Å². The van der Waals surface area contributed by atoms with Gasteiger partial charge in [0.15, 0.2) is 0 Å². The number of aryl methyl sites for hydroxylation is 1. The molecule has 3 aromatic rings. The first-order valence-corrected chi connectivity index (χ1v) is 9.74. The Morgan fingerprint density at radius 3 is 2.66 bits per heavy atom. The number of hydrogen-bond donors (Lipinski definition) is 1. The summed E-state index contributed by atoms with van der Waals surface area (Å²) in [6, 6.07) is 20.6. The molecule has 0 unspecified atom stereocenters. The van der Waals surface area contributed by atoms with Crippen LogP contribution in [0.2, 0.25) is 0 Å².